The summed E-state index contributed by atoms with van der Waals surface area (Å²) in [7, 11) is 0. The Balaban J connectivity index is 2.53. The molecule has 0 aliphatic rings. The molecule has 2 N–H and O–H groups in total. The largest absolute Gasteiger partial charge is 0.399 e. The quantitative estimate of drug-likeness (QED) is 0.633. The van der Waals surface area contributed by atoms with E-state index in [4.69, 9.17) is 5.73 Å². The van der Waals surface area contributed by atoms with Crippen molar-refractivity contribution in [3.05, 3.63) is 53.6 Å². The average Bonchev–Trinajstić information content (AvgIpc) is 2.31. The van der Waals surface area contributed by atoms with Gasteiger partial charge in [-0.25, -0.2) is 17.6 Å². The van der Waals surface area contributed by atoms with Crippen molar-refractivity contribution in [3.8, 4) is 11.1 Å². The molecule has 0 amide bonds. The number of alkyl halides is 2. The number of nitrogen functional groups attached to an aromatic ring is 1. The van der Waals surface area contributed by atoms with Gasteiger partial charge in [0.05, 0.1) is 0 Å². The molecule has 0 saturated carbocycles. The predicted molar refractivity (Wildman–Crippen MR) is 61.2 cm³/mol. The molecule has 0 unspecified atom stereocenters. The number of halogens is 4. The minimum Gasteiger partial charge on any atom is -0.399 e. The topological polar surface area (TPSA) is 26.0 Å². The van der Waals surface area contributed by atoms with Crippen LogP contribution in [-0.2, 0) is 0 Å². The van der Waals surface area contributed by atoms with Crippen LogP contribution in [0, 0.1) is 11.6 Å². The van der Waals surface area contributed by atoms with Gasteiger partial charge in [0.2, 0.25) is 0 Å². The van der Waals surface area contributed by atoms with E-state index in [1.807, 2.05) is 0 Å². The molecule has 0 aliphatic heterocycles. The van der Waals surface area contributed by atoms with Crippen LogP contribution in [0.5, 0.6) is 0 Å². The van der Waals surface area contributed by atoms with Gasteiger partial charge in [0.15, 0.2) is 11.6 Å². The first kappa shape index (κ1) is 12.4. The molecular weight excluding hydrogens is 246 g/mol. The molecule has 0 aromatic heterocycles. The van der Waals surface area contributed by atoms with E-state index in [0.29, 0.717) is 11.1 Å². The first-order chi connectivity index (χ1) is 8.47. The zero-order valence-electron chi connectivity index (χ0n) is 9.13. The summed E-state index contributed by atoms with van der Waals surface area (Å²) >= 11 is 0. The molecule has 2 aromatic carbocycles. The fraction of sp³-hybridized carbons (Fsp3) is 0.0769. The summed E-state index contributed by atoms with van der Waals surface area (Å²) in [5, 5.41) is 0. The van der Waals surface area contributed by atoms with E-state index < -0.39 is 18.1 Å². The Labute approximate surface area is 101 Å². The lowest BCUT2D eigenvalue weighted by atomic mass is 10.0. The SMILES string of the molecule is Nc1cc(-c2ccc(F)c(F)c2)cc(C(F)F)c1. The number of anilines is 1. The third-order valence-corrected chi connectivity index (χ3v) is 2.48. The van der Waals surface area contributed by atoms with Gasteiger partial charge in [-0.1, -0.05) is 6.07 Å². The lowest BCUT2D eigenvalue weighted by molar-refractivity contribution is 0.151. The zero-order valence-corrected chi connectivity index (χ0v) is 9.13. The summed E-state index contributed by atoms with van der Waals surface area (Å²) in [5.41, 5.74) is 6.01. The van der Waals surface area contributed by atoms with Gasteiger partial charge >= 0.3 is 0 Å². The van der Waals surface area contributed by atoms with Crippen molar-refractivity contribution in [1.29, 1.82) is 0 Å². The second kappa shape index (κ2) is 4.68. The third-order valence-electron chi connectivity index (χ3n) is 2.48. The molecule has 94 valence electrons. The van der Waals surface area contributed by atoms with Crippen LogP contribution in [0.1, 0.15) is 12.0 Å². The molecule has 0 spiro atoms. The summed E-state index contributed by atoms with van der Waals surface area (Å²) in [6.07, 6.45) is -2.67. The molecule has 2 aromatic rings. The van der Waals surface area contributed by atoms with Crippen molar-refractivity contribution >= 4 is 5.69 Å². The van der Waals surface area contributed by atoms with Crippen molar-refractivity contribution in [1.82, 2.24) is 0 Å². The van der Waals surface area contributed by atoms with E-state index in [1.165, 1.54) is 18.2 Å². The van der Waals surface area contributed by atoms with Crippen molar-refractivity contribution in [2.75, 3.05) is 5.73 Å². The minimum atomic E-state index is -2.67. The molecule has 0 aliphatic carbocycles. The second-order valence-electron chi connectivity index (χ2n) is 3.82. The molecule has 0 radical (unpaired) electrons. The van der Waals surface area contributed by atoms with Gasteiger partial charge < -0.3 is 5.73 Å². The molecule has 0 bridgehead atoms. The van der Waals surface area contributed by atoms with Gasteiger partial charge in [-0.2, -0.15) is 0 Å². The molecule has 0 fully saturated rings. The van der Waals surface area contributed by atoms with E-state index >= 15 is 0 Å². The molecule has 0 atom stereocenters. The van der Waals surface area contributed by atoms with E-state index in [0.717, 1.165) is 18.2 Å². The lowest BCUT2D eigenvalue weighted by Crippen LogP contribution is -1.93. The zero-order chi connectivity index (χ0) is 13.3. The lowest BCUT2D eigenvalue weighted by Gasteiger charge is -2.07. The maximum Gasteiger partial charge on any atom is 0.263 e. The Kier molecular flexibility index (Phi) is 3.23. The number of benzene rings is 2. The Bertz CT molecular complexity index is 581. The standard InChI is InChI=1S/C13H9F4N/c14-11-2-1-7(6-12(11)15)8-3-9(13(16)17)5-10(18)4-8/h1-6,13H,18H2. The maximum absolute atomic E-state index is 13.1. The predicted octanol–water partition coefficient (Wildman–Crippen LogP) is 4.15. The Morgan fingerprint density at radius 3 is 2.17 bits per heavy atom. The summed E-state index contributed by atoms with van der Waals surface area (Å²) < 4.78 is 51.0. The highest BCUT2D eigenvalue weighted by Crippen LogP contribution is 2.29. The van der Waals surface area contributed by atoms with Crippen LogP contribution < -0.4 is 5.73 Å². The molecule has 5 heteroatoms. The van der Waals surface area contributed by atoms with Gasteiger partial charge in [-0.05, 0) is 41.5 Å². The van der Waals surface area contributed by atoms with Gasteiger partial charge in [0.25, 0.3) is 6.43 Å². The van der Waals surface area contributed by atoms with Crippen molar-refractivity contribution in [2.45, 2.75) is 6.43 Å². The minimum absolute atomic E-state index is 0.146. The maximum atomic E-state index is 13.1. The Morgan fingerprint density at radius 2 is 1.56 bits per heavy atom. The van der Waals surface area contributed by atoms with Crippen molar-refractivity contribution in [3.63, 3.8) is 0 Å². The smallest absolute Gasteiger partial charge is 0.263 e. The van der Waals surface area contributed by atoms with Gasteiger partial charge in [0, 0.05) is 11.3 Å². The molecule has 18 heavy (non-hydrogen) atoms. The van der Waals surface area contributed by atoms with E-state index in [-0.39, 0.29) is 11.3 Å². The first-order valence-electron chi connectivity index (χ1n) is 5.11. The second-order valence-corrected chi connectivity index (χ2v) is 3.82. The third kappa shape index (κ3) is 2.45. The normalized spacial score (nSPS) is 10.9. The average molecular weight is 255 g/mol. The molecule has 0 heterocycles. The van der Waals surface area contributed by atoms with Crippen LogP contribution in [0.25, 0.3) is 11.1 Å². The number of rotatable bonds is 2. The van der Waals surface area contributed by atoms with Crippen LogP contribution in [0.4, 0.5) is 23.2 Å². The number of hydrogen-bond donors (Lipinski definition) is 1. The highest BCUT2D eigenvalue weighted by Gasteiger charge is 2.11. The highest BCUT2D eigenvalue weighted by molar-refractivity contribution is 5.68. The summed E-state index contributed by atoms with van der Waals surface area (Å²) in [6, 6.07) is 6.97. The first-order valence-corrected chi connectivity index (χ1v) is 5.11. The van der Waals surface area contributed by atoms with Crippen LogP contribution >= 0.6 is 0 Å². The van der Waals surface area contributed by atoms with Crippen LogP contribution in [0.15, 0.2) is 36.4 Å². The molecule has 2 rings (SSSR count). The fourth-order valence-corrected chi connectivity index (χ4v) is 1.64. The number of nitrogens with two attached hydrogens (primary N) is 1. The highest BCUT2D eigenvalue weighted by atomic mass is 19.3. The summed E-state index contributed by atoms with van der Waals surface area (Å²) in [5.74, 6) is -2.02. The van der Waals surface area contributed by atoms with Gasteiger partial charge in [-0.3, -0.25) is 0 Å². The summed E-state index contributed by atoms with van der Waals surface area (Å²) in [4.78, 5) is 0. The van der Waals surface area contributed by atoms with Gasteiger partial charge in [0.1, 0.15) is 0 Å². The van der Waals surface area contributed by atoms with Gasteiger partial charge in [-0.15, -0.1) is 0 Å². The molecule has 0 saturated heterocycles. The Hall–Kier alpha value is -2.04. The molecular formula is C13H9F4N. The van der Waals surface area contributed by atoms with E-state index in [1.54, 1.807) is 0 Å². The van der Waals surface area contributed by atoms with Crippen LogP contribution in [0.2, 0.25) is 0 Å². The van der Waals surface area contributed by atoms with Crippen LogP contribution in [0.3, 0.4) is 0 Å². The van der Waals surface area contributed by atoms with E-state index in [9.17, 15) is 17.6 Å². The van der Waals surface area contributed by atoms with Crippen LogP contribution in [-0.4, -0.2) is 0 Å². The molecule has 1 nitrogen and oxygen atoms in total. The fourth-order valence-electron chi connectivity index (χ4n) is 1.64. The number of hydrogen-bond acceptors (Lipinski definition) is 1. The van der Waals surface area contributed by atoms with E-state index in [2.05, 4.69) is 0 Å². The van der Waals surface area contributed by atoms with Crippen molar-refractivity contribution < 1.29 is 17.6 Å². The monoisotopic (exact) mass is 255 g/mol. The summed E-state index contributed by atoms with van der Waals surface area (Å²) in [6.45, 7) is 0. The Morgan fingerprint density at radius 1 is 0.833 bits per heavy atom. The van der Waals surface area contributed by atoms with Crippen molar-refractivity contribution in [2.24, 2.45) is 0 Å².